The lowest BCUT2D eigenvalue weighted by molar-refractivity contribution is -0.117. The van der Waals surface area contributed by atoms with Crippen molar-refractivity contribution < 1.29 is 4.79 Å². The van der Waals surface area contributed by atoms with Gasteiger partial charge in [-0.15, -0.1) is 11.8 Å². The van der Waals surface area contributed by atoms with Gasteiger partial charge in [0, 0.05) is 18.2 Å². The van der Waals surface area contributed by atoms with Crippen LogP contribution in [0.2, 0.25) is 0 Å². The quantitative estimate of drug-likeness (QED) is 0.692. The first kappa shape index (κ1) is 11.6. The summed E-state index contributed by atoms with van der Waals surface area (Å²) in [5, 5.41) is 8.17. The third-order valence-corrected chi connectivity index (χ3v) is 2.73. The van der Waals surface area contributed by atoms with Crippen LogP contribution in [-0.2, 0) is 4.79 Å². The summed E-state index contributed by atoms with van der Waals surface area (Å²) in [6, 6.07) is 0.851. The van der Waals surface area contributed by atoms with Crippen molar-refractivity contribution >= 4 is 17.7 Å². The molecule has 0 radical (unpaired) electrons. The fraction of sp³-hybridized carbons (Fsp3) is 0.700. The predicted octanol–water partition coefficient (Wildman–Crippen LogP) is 1.12. The molecular weight excluding hydrogens is 196 g/mol. The van der Waals surface area contributed by atoms with Gasteiger partial charge in [0.15, 0.2) is 0 Å². The molecule has 0 saturated carbocycles. The summed E-state index contributed by atoms with van der Waals surface area (Å²) in [4.78, 5) is 11.3. The molecule has 2 unspecified atom stereocenters. The number of nitrogens with one attached hydrogen (secondary N) is 2. The van der Waals surface area contributed by atoms with Gasteiger partial charge in [0.25, 0.3) is 0 Å². The van der Waals surface area contributed by atoms with Gasteiger partial charge in [-0.1, -0.05) is 0 Å². The number of carbonyl (C=O) groups is 1. The van der Waals surface area contributed by atoms with E-state index in [9.17, 15) is 4.79 Å². The van der Waals surface area contributed by atoms with E-state index in [2.05, 4.69) is 17.6 Å². The van der Waals surface area contributed by atoms with Crippen molar-refractivity contribution in [3.8, 4) is 0 Å². The summed E-state index contributed by atoms with van der Waals surface area (Å²) >= 11 is 1.54. The summed E-state index contributed by atoms with van der Waals surface area (Å²) in [7, 11) is 0. The van der Waals surface area contributed by atoms with E-state index in [4.69, 9.17) is 0 Å². The molecule has 1 heterocycles. The Morgan fingerprint density at radius 2 is 2.43 bits per heavy atom. The third kappa shape index (κ3) is 4.15. The summed E-state index contributed by atoms with van der Waals surface area (Å²) in [6.45, 7) is 3.15. The molecule has 2 N–H and O–H groups in total. The van der Waals surface area contributed by atoms with Crippen molar-refractivity contribution in [2.75, 3.05) is 12.8 Å². The Kier molecular flexibility index (Phi) is 5.04. The van der Waals surface area contributed by atoms with Crippen LogP contribution in [0.15, 0.2) is 11.5 Å². The monoisotopic (exact) mass is 214 g/mol. The smallest absolute Gasteiger partial charge is 0.244 e. The van der Waals surface area contributed by atoms with Crippen LogP contribution in [0.5, 0.6) is 0 Å². The first-order chi connectivity index (χ1) is 6.72. The number of hydrogen-bond acceptors (Lipinski definition) is 3. The summed E-state index contributed by atoms with van der Waals surface area (Å²) < 4.78 is 0. The van der Waals surface area contributed by atoms with E-state index >= 15 is 0 Å². The fourth-order valence-electron chi connectivity index (χ4n) is 1.64. The number of amides is 1. The van der Waals surface area contributed by atoms with E-state index in [1.807, 2.05) is 6.26 Å². The van der Waals surface area contributed by atoms with Crippen molar-refractivity contribution in [3.63, 3.8) is 0 Å². The Bertz CT molecular complexity index is 218. The van der Waals surface area contributed by atoms with Crippen LogP contribution in [0.1, 0.15) is 19.8 Å². The van der Waals surface area contributed by atoms with Crippen LogP contribution >= 0.6 is 11.8 Å². The Morgan fingerprint density at radius 1 is 1.64 bits per heavy atom. The molecule has 1 rings (SSSR count). The fourth-order valence-corrected chi connectivity index (χ4v) is 1.90. The first-order valence-corrected chi connectivity index (χ1v) is 6.24. The third-order valence-electron chi connectivity index (χ3n) is 2.33. The number of carbonyl (C=O) groups excluding carboxylic acids is 1. The van der Waals surface area contributed by atoms with Gasteiger partial charge in [-0.05, 0) is 38.0 Å². The average Bonchev–Trinajstić information content (AvgIpc) is 2.15. The van der Waals surface area contributed by atoms with Crippen LogP contribution in [0, 0.1) is 0 Å². The minimum absolute atomic E-state index is 0.0263. The highest BCUT2D eigenvalue weighted by atomic mass is 32.2. The minimum atomic E-state index is 0.0263. The largest absolute Gasteiger partial charge is 0.350 e. The second kappa shape index (κ2) is 6.09. The Labute approximate surface area is 89.7 Å². The van der Waals surface area contributed by atoms with Gasteiger partial charge >= 0.3 is 0 Å². The van der Waals surface area contributed by atoms with Gasteiger partial charge < -0.3 is 10.6 Å². The van der Waals surface area contributed by atoms with Crippen LogP contribution in [0.25, 0.3) is 0 Å². The van der Waals surface area contributed by atoms with E-state index in [0.29, 0.717) is 12.1 Å². The molecule has 0 spiro atoms. The maximum absolute atomic E-state index is 11.3. The van der Waals surface area contributed by atoms with Gasteiger partial charge in [0.2, 0.25) is 5.91 Å². The van der Waals surface area contributed by atoms with Gasteiger partial charge in [0.1, 0.15) is 0 Å². The summed E-state index contributed by atoms with van der Waals surface area (Å²) in [6.07, 6.45) is 5.59. The molecule has 0 bridgehead atoms. The lowest BCUT2D eigenvalue weighted by Gasteiger charge is -2.28. The minimum Gasteiger partial charge on any atom is -0.350 e. The summed E-state index contributed by atoms with van der Waals surface area (Å²) in [5.41, 5.74) is 0. The normalized spacial score (nSPS) is 27.9. The van der Waals surface area contributed by atoms with Gasteiger partial charge in [-0.25, -0.2) is 0 Å². The topological polar surface area (TPSA) is 41.1 Å². The maximum atomic E-state index is 11.3. The van der Waals surface area contributed by atoms with Crippen LogP contribution in [-0.4, -0.2) is 30.8 Å². The Hall–Kier alpha value is -0.480. The zero-order valence-corrected chi connectivity index (χ0v) is 9.56. The van der Waals surface area contributed by atoms with Gasteiger partial charge in [-0.3, -0.25) is 4.79 Å². The zero-order chi connectivity index (χ0) is 10.4. The molecule has 1 aliphatic heterocycles. The molecule has 3 nitrogen and oxygen atoms in total. The molecule has 0 aromatic rings. The molecule has 1 amide bonds. The highest BCUT2D eigenvalue weighted by molar-refractivity contribution is 8.01. The predicted molar refractivity (Wildman–Crippen MR) is 61.3 cm³/mol. The van der Waals surface area contributed by atoms with E-state index in [1.165, 1.54) is 11.8 Å². The summed E-state index contributed by atoms with van der Waals surface area (Å²) in [5.74, 6) is 0.0263. The molecule has 4 heteroatoms. The van der Waals surface area contributed by atoms with Crippen molar-refractivity contribution in [2.45, 2.75) is 31.8 Å². The molecule has 1 aliphatic rings. The Morgan fingerprint density at radius 3 is 3.07 bits per heavy atom. The second-order valence-electron chi connectivity index (χ2n) is 3.62. The molecule has 0 aromatic heterocycles. The van der Waals surface area contributed by atoms with E-state index in [-0.39, 0.29) is 5.91 Å². The molecule has 2 atom stereocenters. The average molecular weight is 214 g/mol. The zero-order valence-electron chi connectivity index (χ0n) is 8.75. The van der Waals surface area contributed by atoms with Crippen molar-refractivity contribution in [3.05, 3.63) is 11.5 Å². The highest BCUT2D eigenvalue weighted by Crippen LogP contribution is 2.07. The molecule has 0 aromatic carbocycles. The molecule has 0 aliphatic carbocycles. The van der Waals surface area contributed by atoms with Crippen molar-refractivity contribution in [2.24, 2.45) is 0 Å². The molecule has 14 heavy (non-hydrogen) atoms. The first-order valence-electron chi connectivity index (χ1n) is 4.95. The van der Waals surface area contributed by atoms with Crippen LogP contribution < -0.4 is 10.6 Å². The Balaban J connectivity index is 2.28. The molecule has 1 fully saturated rings. The van der Waals surface area contributed by atoms with Gasteiger partial charge in [-0.2, -0.15) is 0 Å². The lowest BCUT2D eigenvalue weighted by atomic mass is 10.0. The van der Waals surface area contributed by atoms with Crippen molar-refractivity contribution in [1.29, 1.82) is 0 Å². The van der Waals surface area contributed by atoms with Crippen molar-refractivity contribution in [1.82, 2.24) is 10.6 Å². The maximum Gasteiger partial charge on any atom is 0.244 e. The molecular formula is C10H18N2OS. The molecule has 1 saturated heterocycles. The van der Waals surface area contributed by atoms with Gasteiger partial charge in [0.05, 0.1) is 0 Å². The number of rotatable bonds is 3. The van der Waals surface area contributed by atoms with E-state index in [1.54, 1.807) is 11.5 Å². The second-order valence-corrected chi connectivity index (χ2v) is 4.37. The van der Waals surface area contributed by atoms with E-state index < -0.39 is 0 Å². The van der Waals surface area contributed by atoms with Crippen LogP contribution in [0.3, 0.4) is 0 Å². The van der Waals surface area contributed by atoms with Crippen LogP contribution in [0.4, 0.5) is 0 Å². The highest BCUT2D eigenvalue weighted by Gasteiger charge is 2.18. The lowest BCUT2D eigenvalue weighted by Crippen LogP contribution is -2.46. The number of thioether (sulfide) groups is 1. The van der Waals surface area contributed by atoms with E-state index in [0.717, 1.165) is 19.4 Å². The number of piperidine rings is 1. The SMILES string of the molecule is CS/C=C/C(=O)NC1CCNC(C)C1. The standard InChI is InChI=1S/C10H18N2OS/c1-8-7-9(3-5-11-8)12-10(13)4-6-14-2/h4,6,8-9,11H,3,5,7H2,1-2H3,(H,12,13)/b6-4+. The molecule has 80 valence electrons. The number of hydrogen-bond donors (Lipinski definition) is 2.